The summed E-state index contributed by atoms with van der Waals surface area (Å²) in [5.74, 6) is -1.85. The van der Waals surface area contributed by atoms with Crippen molar-refractivity contribution in [2.75, 3.05) is 27.3 Å². The standard InChI is InChI=1S/C14H23NO6/c1-8-9(2)21-10(3)13(8)14(18)15(6-11(16)19-4)7-12(17)20-5/h8-10,13H,6-7H2,1-5H3. The maximum absolute atomic E-state index is 12.6. The van der Waals surface area contributed by atoms with Crippen LogP contribution in [0.25, 0.3) is 0 Å². The Hall–Kier alpha value is -1.63. The Labute approximate surface area is 124 Å². The van der Waals surface area contributed by atoms with Crippen LogP contribution >= 0.6 is 0 Å². The van der Waals surface area contributed by atoms with Gasteiger partial charge in [-0.3, -0.25) is 14.4 Å². The highest BCUT2D eigenvalue weighted by molar-refractivity contribution is 5.87. The third-order valence-corrected chi connectivity index (χ3v) is 3.93. The molecule has 4 unspecified atom stereocenters. The molecule has 1 fully saturated rings. The predicted octanol–water partition coefficient (Wildman–Crippen LogP) is 0.221. The summed E-state index contributed by atoms with van der Waals surface area (Å²) in [5.41, 5.74) is 0. The minimum Gasteiger partial charge on any atom is -0.468 e. The molecule has 0 spiro atoms. The molecule has 1 aliphatic heterocycles. The van der Waals surface area contributed by atoms with Crippen molar-refractivity contribution in [1.29, 1.82) is 0 Å². The van der Waals surface area contributed by atoms with E-state index >= 15 is 0 Å². The Balaban J connectivity index is 2.88. The van der Waals surface area contributed by atoms with Gasteiger partial charge < -0.3 is 19.1 Å². The van der Waals surface area contributed by atoms with Crippen molar-refractivity contribution in [3.8, 4) is 0 Å². The molecule has 120 valence electrons. The Morgan fingerprint density at radius 2 is 1.43 bits per heavy atom. The van der Waals surface area contributed by atoms with E-state index in [4.69, 9.17) is 4.74 Å². The molecular formula is C14H23NO6. The number of hydrogen-bond acceptors (Lipinski definition) is 6. The minimum absolute atomic E-state index is 0.00490. The molecule has 0 aromatic carbocycles. The van der Waals surface area contributed by atoms with E-state index in [-0.39, 0.29) is 37.1 Å². The van der Waals surface area contributed by atoms with Gasteiger partial charge in [0, 0.05) is 0 Å². The van der Waals surface area contributed by atoms with Gasteiger partial charge in [0.2, 0.25) is 5.91 Å². The molecule has 0 saturated carbocycles. The second-order valence-electron chi connectivity index (χ2n) is 5.28. The van der Waals surface area contributed by atoms with E-state index in [0.29, 0.717) is 0 Å². The summed E-state index contributed by atoms with van der Waals surface area (Å²) < 4.78 is 14.8. The van der Waals surface area contributed by atoms with Crippen molar-refractivity contribution in [1.82, 2.24) is 4.90 Å². The second-order valence-corrected chi connectivity index (χ2v) is 5.28. The number of hydrogen-bond donors (Lipinski definition) is 0. The van der Waals surface area contributed by atoms with Crippen molar-refractivity contribution < 1.29 is 28.6 Å². The van der Waals surface area contributed by atoms with E-state index in [0.717, 1.165) is 4.90 Å². The van der Waals surface area contributed by atoms with Crippen molar-refractivity contribution in [3.05, 3.63) is 0 Å². The van der Waals surface area contributed by atoms with Gasteiger partial charge in [-0.25, -0.2) is 0 Å². The van der Waals surface area contributed by atoms with Gasteiger partial charge >= 0.3 is 11.9 Å². The van der Waals surface area contributed by atoms with Crippen LogP contribution in [0.4, 0.5) is 0 Å². The highest BCUT2D eigenvalue weighted by atomic mass is 16.5. The number of rotatable bonds is 5. The Morgan fingerprint density at radius 3 is 1.76 bits per heavy atom. The molecule has 7 heteroatoms. The number of carbonyl (C=O) groups is 3. The summed E-state index contributed by atoms with van der Waals surface area (Å²) in [7, 11) is 2.46. The molecule has 0 radical (unpaired) electrons. The number of esters is 2. The molecule has 21 heavy (non-hydrogen) atoms. The third kappa shape index (κ3) is 4.17. The van der Waals surface area contributed by atoms with Crippen LogP contribution in [-0.2, 0) is 28.6 Å². The fourth-order valence-electron chi connectivity index (χ4n) is 2.56. The molecule has 1 rings (SSSR count). The number of carbonyl (C=O) groups excluding carboxylic acids is 3. The maximum atomic E-state index is 12.6. The predicted molar refractivity (Wildman–Crippen MR) is 73.3 cm³/mol. The van der Waals surface area contributed by atoms with Gasteiger partial charge in [0.1, 0.15) is 13.1 Å². The molecule has 1 saturated heterocycles. The second kappa shape index (κ2) is 7.40. The average Bonchev–Trinajstić information content (AvgIpc) is 2.70. The van der Waals surface area contributed by atoms with E-state index < -0.39 is 17.9 Å². The molecule has 0 aliphatic carbocycles. The Morgan fingerprint density at radius 1 is 0.952 bits per heavy atom. The largest absolute Gasteiger partial charge is 0.468 e. The SMILES string of the molecule is COC(=O)CN(CC(=O)OC)C(=O)C1C(C)OC(C)C1C. The first-order valence-electron chi connectivity index (χ1n) is 6.89. The zero-order chi connectivity index (χ0) is 16.2. The van der Waals surface area contributed by atoms with Gasteiger partial charge in [-0.2, -0.15) is 0 Å². The molecule has 1 aliphatic rings. The van der Waals surface area contributed by atoms with E-state index in [1.807, 2.05) is 20.8 Å². The summed E-state index contributed by atoms with van der Waals surface area (Å²) in [6.45, 7) is 5.07. The van der Waals surface area contributed by atoms with Gasteiger partial charge in [0.25, 0.3) is 0 Å². The molecule has 4 atom stereocenters. The van der Waals surface area contributed by atoms with Crippen molar-refractivity contribution in [2.45, 2.75) is 33.0 Å². The van der Waals surface area contributed by atoms with Crippen LogP contribution < -0.4 is 0 Å². The van der Waals surface area contributed by atoms with Gasteiger partial charge in [0.15, 0.2) is 0 Å². The van der Waals surface area contributed by atoms with E-state index in [9.17, 15) is 14.4 Å². The first-order chi connectivity index (χ1) is 9.81. The fraction of sp³-hybridized carbons (Fsp3) is 0.786. The lowest BCUT2D eigenvalue weighted by molar-refractivity contribution is -0.154. The summed E-state index contributed by atoms with van der Waals surface area (Å²) in [6.07, 6.45) is -0.313. The monoisotopic (exact) mass is 301 g/mol. The quantitative estimate of drug-likeness (QED) is 0.676. The number of amides is 1. The van der Waals surface area contributed by atoms with Crippen LogP contribution in [0, 0.1) is 11.8 Å². The molecule has 1 amide bonds. The van der Waals surface area contributed by atoms with Gasteiger partial charge in [0.05, 0.1) is 32.3 Å². The number of ether oxygens (including phenoxy) is 3. The van der Waals surface area contributed by atoms with Crippen molar-refractivity contribution >= 4 is 17.8 Å². The highest BCUT2D eigenvalue weighted by Gasteiger charge is 2.43. The number of nitrogens with zero attached hydrogens (tertiary/aromatic N) is 1. The lowest BCUT2D eigenvalue weighted by Gasteiger charge is -2.26. The summed E-state index contributed by atoms with van der Waals surface area (Å²) in [6, 6.07) is 0. The maximum Gasteiger partial charge on any atom is 0.325 e. The molecule has 0 aromatic rings. The third-order valence-electron chi connectivity index (χ3n) is 3.93. The first kappa shape index (κ1) is 17.4. The normalized spacial score (nSPS) is 28.0. The Bertz CT molecular complexity index is 392. The van der Waals surface area contributed by atoms with Crippen LogP contribution in [0.2, 0.25) is 0 Å². The average molecular weight is 301 g/mol. The molecule has 0 bridgehead atoms. The van der Waals surface area contributed by atoms with Crippen LogP contribution in [0.1, 0.15) is 20.8 Å². The van der Waals surface area contributed by atoms with Crippen LogP contribution in [0.15, 0.2) is 0 Å². The summed E-state index contributed by atoms with van der Waals surface area (Å²) in [4.78, 5) is 36.7. The summed E-state index contributed by atoms with van der Waals surface area (Å²) in [5, 5.41) is 0. The topological polar surface area (TPSA) is 82.1 Å². The van der Waals surface area contributed by atoms with Crippen LogP contribution in [-0.4, -0.2) is 62.3 Å². The zero-order valence-electron chi connectivity index (χ0n) is 13.1. The van der Waals surface area contributed by atoms with Crippen molar-refractivity contribution in [3.63, 3.8) is 0 Å². The highest BCUT2D eigenvalue weighted by Crippen LogP contribution is 2.33. The first-order valence-corrected chi connectivity index (χ1v) is 6.89. The zero-order valence-corrected chi connectivity index (χ0v) is 13.1. The smallest absolute Gasteiger partial charge is 0.325 e. The lowest BCUT2D eigenvalue weighted by atomic mass is 9.88. The Kier molecular flexibility index (Phi) is 6.14. The van der Waals surface area contributed by atoms with Gasteiger partial charge in [-0.1, -0.05) is 6.92 Å². The minimum atomic E-state index is -0.584. The van der Waals surface area contributed by atoms with Crippen LogP contribution in [0.5, 0.6) is 0 Å². The number of methoxy groups -OCH3 is 2. The van der Waals surface area contributed by atoms with Gasteiger partial charge in [-0.05, 0) is 19.8 Å². The fourth-order valence-corrected chi connectivity index (χ4v) is 2.56. The van der Waals surface area contributed by atoms with E-state index in [1.54, 1.807) is 0 Å². The summed E-state index contributed by atoms with van der Waals surface area (Å²) >= 11 is 0. The molecular weight excluding hydrogens is 278 g/mol. The molecule has 0 aromatic heterocycles. The van der Waals surface area contributed by atoms with Gasteiger partial charge in [-0.15, -0.1) is 0 Å². The molecule has 1 heterocycles. The van der Waals surface area contributed by atoms with Crippen molar-refractivity contribution in [2.24, 2.45) is 11.8 Å². The lowest BCUT2D eigenvalue weighted by Crippen LogP contribution is -2.46. The van der Waals surface area contributed by atoms with Crippen LogP contribution in [0.3, 0.4) is 0 Å². The molecule has 0 N–H and O–H groups in total. The van der Waals surface area contributed by atoms with E-state index in [1.165, 1.54) is 14.2 Å². The van der Waals surface area contributed by atoms with E-state index in [2.05, 4.69) is 9.47 Å². The molecule has 7 nitrogen and oxygen atoms in total.